The van der Waals surface area contributed by atoms with Crippen molar-refractivity contribution in [3.63, 3.8) is 0 Å². The van der Waals surface area contributed by atoms with E-state index in [4.69, 9.17) is 9.47 Å². The van der Waals surface area contributed by atoms with E-state index in [0.29, 0.717) is 12.0 Å². The molecule has 4 nitrogen and oxygen atoms in total. The van der Waals surface area contributed by atoms with Gasteiger partial charge in [-0.3, -0.25) is 4.79 Å². The van der Waals surface area contributed by atoms with Crippen molar-refractivity contribution in [3.8, 4) is 0 Å². The minimum absolute atomic E-state index is 0.378. The Labute approximate surface area is 133 Å². The summed E-state index contributed by atoms with van der Waals surface area (Å²) in [7, 11) is 0. The number of ether oxygens (including phenoxy) is 2. The van der Waals surface area contributed by atoms with E-state index in [-0.39, 0.29) is 5.97 Å². The van der Waals surface area contributed by atoms with Crippen LogP contribution in [0, 0.1) is 5.92 Å². The molecular formula is C18H28O4. The summed E-state index contributed by atoms with van der Waals surface area (Å²) in [6, 6.07) is 0. The van der Waals surface area contributed by atoms with E-state index in [1.54, 1.807) is 6.08 Å². The van der Waals surface area contributed by atoms with Crippen LogP contribution in [-0.2, 0) is 19.1 Å². The molecule has 0 radical (unpaired) electrons. The lowest BCUT2D eigenvalue weighted by atomic mass is 9.84. The second-order valence-electron chi connectivity index (χ2n) is 7.86. The largest absolute Gasteiger partial charge is 0.459 e. The highest BCUT2D eigenvalue weighted by Gasteiger charge is 2.36. The zero-order chi connectivity index (χ0) is 17.3. The molecule has 22 heavy (non-hydrogen) atoms. The Hall–Kier alpha value is -1.58. The van der Waals surface area contributed by atoms with Gasteiger partial charge in [-0.25, -0.2) is 4.79 Å². The Morgan fingerprint density at radius 2 is 1.50 bits per heavy atom. The number of hydrogen-bond donors (Lipinski definition) is 0. The SMILES string of the molecule is CC1=C(C)C[C@@H](C(=O)OC(C)(C)C)C(C(=O)OC(C)(C)C)=C1. The Kier molecular flexibility index (Phi) is 5.26. The molecule has 0 heterocycles. The van der Waals surface area contributed by atoms with Gasteiger partial charge in [-0.05, 0) is 67.9 Å². The summed E-state index contributed by atoms with van der Waals surface area (Å²) in [5.74, 6) is -1.43. The van der Waals surface area contributed by atoms with Crippen molar-refractivity contribution < 1.29 is 19.1 Å². The van der Waals surface area contributed by atoms with E-state index < -0.39 is 23.1 Å². The average Bonchev–Trinajstić information content (AvgIpc) is 2.27. The molecule has 1 aliphatic carbocycles. The van der Waals surface area contributed by atoms with Crippen LogP contribution in [0.25, 0.3) is 0 Å². The molecule has 0 aromatic heterocycles. The molecule has 0 spiro atoms. The summed E-state index contributed by atoms with van der Waals surface area (Å²) < 4.78 is 10.9. The molecule has 0 unspecified atom stereocenters. The van der Waals surface area contributed by atoms with Gasteiger partial charge >= 0.3 is 11.9 Å². The van der Waals surface area contributed by atoms with Crippen molar-refractivity contribution >= 4 is 11.9 Å². The molecule has 1 rings (SSSR count). The number of rotatable bonds is 2. The number of carbonyl (C=O) groups is 2. The molecule has 0 aliphatic heterocycles. The van der Waals surface area contributed by atoms with Crippen LogP contribution in [0.5, 0.6) is 0 Å². The third-order valence-corrected chi connectivity index (χ3v) is 3.26. The fraction of sp³-hybridized carbons (Fsp3) is 0.667. The van der Waals surface area contributed by atoms with Crippen LogP contribution in [-0.4, -0.2) is 23.1 Å². The highest BCUT2D eigenvalue weighted by molar-refractivity contribution is 5.97. The van der Waals surface area contributed by atoms with Gasteiger partial charge in [0.2, 0.25) is 0 Å². The number of hydrogen-bond acceptors (Lipinski definition) is 4. The quantitative estimate of drug-likeness (QED) is 0.725. The number of allylic oxidation sites excluding steroid dienone is 3. The normalized spacial score (nSPS) is 19.6. The molecule has 0 fully saturated rings. The van der Waals surface area contributed by atoms with E-state index in [2.05, 4.69) is 0 Å². The topological polar surface area (TPSA) is 52.6 Å². The zero-order valence-corrected chi connectivity index (χ0v) is 15.0. The van der Waals surface area contributed by atoms with Gasteiger partial charge < -0.3 is 9.47 Å². The van der Waals surface area contributed by atoms with Gasteiger partial charge in [0.1, 0.15) is 11.2 Å². The minimum Gasteiger partial charge on any atom is -0.459 e. The Balaban J connectivity index is 3.08. The van der Waals surface area contributed by atoms with E-state index >= 15 is 0 Å². The second-order valence-corrected chi connectivity index (χ2v) is 7.86. The van der Waals surface area contributed by atoms with Crippen molar-refractivity contribution in [1.82, 2.24) is 0 Å². The lowest BCUT2D eigenvalue weighted by Gasteiger charge is -2.29. The highest BCUT2D eigenvalue weighted by atomic mass is 16.6. The molecule has 0 aromatic rings. The molecule has 0 N–H and O–H groups in total. The summed E-state index contributed by atoms with van der Waals surface area (Å²) in [6.45, 7) is 14.8. The maximum atomic E-state index is 12.5. The molecule has 1 aliphatic rings. The fourth-order valence-corrected chi connectivity index (χ4v) is 2.16. The maximum Gasteiger partial charge on any atom is 0.335 e. The summed E-state index contributed by atoms with van der Waals surface area (Å²) in [6.07, 6.45) is 2.24. The monoisotopic (exact) mass is 308 g/mol. The van der Waals surface area contributed by atoms with E-state index in [1.165, 1.54) is 0 Å². The van der Waals surface area contributed by atoms with Crippen LogP contribution in [0.1, 0.15) is 61.8 Å². The minimum atomic E-state index is -0.599. The first-order valence-corrected chi connectivity index (χ1v) is 7.64. The molecule has 0 amide bonds. The number of esters is 2. The maximum absolute atomic E-state index is 12.5. The van der Waals surface area contributed by atoms with Gasteiger partial charge in [-0.2, -0.15) is 0 Å². The second kappa shape index (κ2) is 6.27. The molecule has 4 heteroatoms. The Morgan fingerprint density at radius 1 is 1.00 bits per heavy atom. The third kappa shape index (κ3) is 5.32. The zero-order valence-electron chi connectivity index (χ0n) is 15.0. The molecule has 1 atom stereocenters. The van der Waals surface area contributed by atoms with Crippen molar-refractivity contribution in [2.75, 3.05) is 0 Å². The first kappa shape index (κ1) is 18.5. The van der Waals surface area contributed by atoms with E-state index in [1.807, 2.05) is 55.4 Å². The molecule has 0 saturated heterocycles. The van der Waals surface area contributed by atoms with Crippen LogP contribution in [0.15, 0.2) is 22.8 Å². The fourth-order valence-electron chi connectivity index (χ4n) is 2.16. The summed E-state index contributed by atoms with van der Waals surface area (Å²) >= 11 is 0. The highest BCUT2D eigenvalue weighted by Crippen LogP contribution is 2.32. The van der Waals surface area contributed by atoms with E-state index in [9.17, 15) is 9.59 Å². The van der Waals surface area contributed by atoms with Crippen LogP contribution in [0.4, 0.5) is 0 Å². The van der Waals surface area contributed by atoms with Crippen molar-refractivity contribution in [2.24, 2.45) is 5.92 Å². The van der Waals surface area contributed by atoms with Gasteiger partial charge in [0, 0.05) is 0 Å². The smallest absolute Gasteiger partial charge is 0.335 e. The van der Waals surface area contributed by atoms with Crippen molar-refractivity contribution in [3.05, 3.63) is 22.8 Å². The van der Waals surface area contributed by atoms with Crippen LogP contribution < -0.4 is 0 Å². The third-order valence-electron chi connectivity index (χ3n) is 3.26. The Morgan fingerprint density at radius 3 is 1.95 bits per heavy atom. The Bertz CT molecular complexity index is 524. The van der Waals surface area contributed by atoms with E-state index in [0.717, 1.165) is 11.1 Å². The molecule has 0 bridgehead atoms. The lowest BCUT2D eigenvalue weighted by molar-refractivity contribution is -0.162. The van der Waals surface area contributed by atoms with Crippen LogP contribution in [0.2, 0.25) is 0 Å². The van der Waals surface area contributed by atoms with Gasteiger partial charge in [0.25, 0.3) is 0 Å². The molecule has 124 valence electrons. The molecule has 0 aromatic carbocycles. The van der Waals surface area contributed by atoms with Gasteiger partial charge in [-0.15, -0.1) is 0 Å². The molecule has 0 saturated carbocycles. The first-order chi connectivity index (χ1) is 9.80. The summed E-state index contributed by atoms with van der Waals surface area (Å²) in [5, 5.41) is 0. The lowest BCUT2D eigenvalue weighted by Crippen LogP contribution is -2.35. The standard InChI is InChI=1S/C18H28O4/c1-11-9-13(15(19)21-17(3,4)5)14(10-12(11)2)16(20)22-18(6,7)8/h9,14H,10H2,1-8H3/t14-/m1/s1. The van der Waals surface area contributed by atoms with Gasteiger partial charge in [-0.1, -0.05) is 11.1 Å². The van der Waals surface area contributed by atoms with Gasteiger partial charge in [0.05, 0.1) is 11.5 Å². The average molecular weight is 308 g/mol. The predicted molar refractivity (Wildman–Crippen MR) is 86.3 cm³/mol. The van der Waals surface area contributed by atoms with Crippen LogP contribution >= 0.6 is 0 Å². The van der Waals surface area contributed by atoms with Crippen molar-refractivity contribution in [1.29, 1.82) is 0 Å². The number of carbonyl (C=O) groups excluding carboxylic acids is 2. The van der Waals surface area contributed by atoms with Crippen molar-refractivity contribution in [2.45, 2.75) is 73.0 Å². The summed E-state index contributed by atoms with van der Waals surface area (Å²) in [4.78, 5) is 24.9. The molecular weight excluding hydrogens is 280 g/mol. The predicted octanol–water partition coefficient (Wildman–Crippen LogP) is 3.95. The van der Waals surface area contributed by atoms with Gasteiger partial charge in [0.15, 0.2) is 0 Å². The first-order valence-electron chi connectivity index (χ1n) is 7.64. The van der Waals surface area contributed by atoms with Crippen LogP contribution in [0.3, 0.4) is 0 Å². The summed E-state index contributed by atoms with van der Waals surface area (Å²) in [5.41, 5.74) is 1.29.